The molecule has 0 bridgehead atoms. The Bertz CT molecular complexity index is 1460. The van der Waals surface area contributed by atoms with Gasteiger partial charge in [0.05, 0.1) is 30.1 Å². The summed E-state index contributed by atoms with van der Waals surface area (Å²) >= 11 is 0. The number of methoxy groups -OCH3 is 1. The fourth-order valence-corrected chi connectivity index (χ4v) is 4.42. The zero-order valence-corrected chi connectivity index (χ0v) is 20.6. The van der Waals surface area contributed by atoms with E-state index >= 15 is 0 Å². The van der Waals surface area contributed by atoms with Crippen LogP contribution in [0.25, 0.3) is 28.5 Å². The summed E-state index contributed by atoms with van der Waals surface area (Å²) in [5, 5.41) is 8.64. The van der Waals surface area contributed by atoms with Crippen LogP contribution in [0.5, 0.6) is 5.75 Å². The Balaban J connectivity index is 1.42. The maximum atomic E-state index is 12.6. The summed E-state index contributed by atoms with van der Waals surface area (Å²) in [5.74, 6) is 1.27. The number of ether oxygens (including phenoxy) is 2. The number of para-hydroxylation sites is 1. The van der Waals surface area contributed by atoms with Crippen LogP contribution < -0.4 is 10.3 Å². The van der Waals surface area contributed by atoms with Crippen LogP contribution in [-0.2, 0) is 4.74 Å². The van der Waals surface area contributed by atoms with Crippen LogP contribution >= 0.6 is 0 Å². The van der Waals surface area contributed by atoms with E-state index in [9.17, 15) is 9.59 Å². The summed E-state index contributed by atoms with van der Waals surface area (Å²) < 4.78 is 18.1. The SMILES string of the molecule is COc1ccccc1-c1nc(-c2cnn3c(C4CCN(C(=O)OC(C)(C)C)CC4)cc(=O)[nH]c23)no1. The molecule has 0 atom stereocenters. The highest BCUT2D eigenvalue weighted by molar-refractivity contribution is 5.74. The molecule has 11 nitrogen and oxygen atoms in total. The van der Waals surface area contributed by atoms with Crippen LogP contribution in [0.2, 0.25) is 0 Å². The molecule has 1 N–H and O–H groups in total. The second kappa shape index (κ2) is 9.14. The first kappa shape index (κ1) is 23.6. The first-order valence-electron chi connectivity index (χ1n) is 11.8. The molecule has 0 saturated carbocycles. The van der Waals surface area contributed by atoms with Crippen molar-refractivity contribution in [1.82, 2.24) is 29.6 Å². The van der Waals surface area contributed by atoms with Crippen molar-refractivity contribution in [3.8, 4) is 28.6 Å². The van der Waals surface area contributed by atoms with Gasteiger partial charge in [0.15, 0.2) is 0 Å². The summed E-state index contributed by atoms with van der Waals surface area (Å²) in [6, 6.07) is 8.92. The number of hydrogen-bond donors (Lipinski definition) is 1. The molecule has 188 valence electrons. The Morgan fingerprint density at radius 1 is 1.17 bits per heavy atom. The summed E-state index contributed by atoms with van der Waals surface area (Å²) in [6.45, 7) is 6.62. The number of carbonyl (C=O) groups is 1. The molecular formula is C25H28N6O5. The van der Waals surface area contributed by atoms with Gasteiger partial charge in [-0.1, -0.05) is 17.3 Å². The zero-order chi connectivity index (χ0) is 25.4. The number of nitrogens with one attached hydrogen (secondary N) is 1. The Labute approximate surface area is 207 Å². The largest absolute Gasteiger partial charge is 0.496 e. The van der Waals surface area contributed by atoms with Crippen molar-refractivity contribution < 1.29 is 18.8 Å². The molecule has 5 rings (SSSR count). The number of likely N-dealkylation sites (tertiary alicyclic amines) is 1. The molecule has 0 radical (unpaired) electrons. The van der Waals surface area contributed by atoms with Crippen molar-refractivity contribution in [3.05, 3.63) is 52.6 Å². The number of amides is 1. The van der Waals surface area contributed by atoms with Crippen molar-refractivity contribution in [3.63, 3.8) is 0 Å². The van der Waals surface area contributed by atoms with Gasteiger partial charge in [-0.05, 0) is 45.7 Å². The number of rotatable bonds is 4. The molecule has 1 aromatic carbocycles. The Kier molecular flexibility index (Phi) is 5.99. The van der Waals surface area contributed by atoms with Crippen molar-refractivity contribution in [2.45, 2.75) is 45.1 Å². The van der Waals surface area contributed by atoms with E-state index in [-0.39, 0.29) is 17.6 Å². The fraction of sp³-hybridized carbons (Fsp3) is 0.400. The number of H-pyrrole nitrogens is 1. The third kappa shape index (κ3) is 4.56. The van der Waals surface area contributed by atoms with Crippen molar-refractivity contribution in [1.29, 1.82) is 0 Å². The lowest BCUT2D eigenvalue weighted by Crippen LogP contribution is -2.41. The van der Waals surface area contributed by atoms with Gasteiger partial charge < -0.3 is 23.9 Å². The van der Waals surface area contributed by atoms with Crippen LogP contribution in [0, 0.1) is 0 Å². The maximum Gasteiger partial charge on any atom is 0.410 e. The van der Waals surface area contributed by atoms with Crippen molar-refractivity contribution in [2.75, 3.05) is 20.2 Å². The first-order chi connectivity index (χ1) is 17.2. The topological polar surface area (TPSA) is 128 Å². The molecule has 36 heavy (non-hydrogen) atoms. The molecule has 1 fully saturated rings. The molecule has 4 heterocycles. The highest BCUT2D eigenvalue weighted by atomic mass is 16.6. The molecule has 1 aliphatic heterocycles. The summed E-state index contributed by atoms with van der Waals surface area (Å²) in [7, 11) is 1.58. The van der Waals surface area contributed by atoms with Crippen molar-refractivity contribution in [2.24, 2.45) is 0 Å². The van der Waals surface area contributed by atoms with Gasteiger partial charge in [0.2, 0.25) is 5.82 Å². The Morgan fingerprint density at radius 2 is 1.92 bits per heavy atom. The second-order valence-electron chi connectivity index (χ2n) is 9.74. The Morgan fingerprint density at radius 3 is 2.64 bits per heavy atom. The fourth-order valence-electron chi connectivity index (χ4n) is 4.42. The summed E-state index contributed by atoms with van der Waals surface area (Å²) in [6.07, 6.45) is 2.67. The molecule has 4 aromatic rings. The molecule has 0 aliphatic carbocycles. The van der Waals surface area contributed by atoms with Gasteiger partial charge in [-0.3, -0.25) is 4.79 Å². The predicted octanol–water partition coefficient (Wildman–Crippen LogP) is 3.86. The molecule has 0 spiro atoms. The molecule has 1 aliphatic rings. The smallest absolute Gasteiger partial charge is 0.410 e. The number of carbonyl (C=O) groups excluding carboxylic acids is 1. The van der Waals surface area contributed by atoms with E-state index in [0.29, 0.717) is 60.2 Å². The van der Waals surface area contributed by atoms with Gasteiger partial charge in [0.1, 0.15) is 17.0 Å². The second-order valence-corrected chi connectivity index (χ2v) is 9.74. The lowest BCUT2D eigenvalue weighted by atomic mass is 9.93. The number of piperidine rings is 1. The minimum absolute atomic E-state index is 0.0515. The van der Waals surface area contributed by atoms with Crippen LogP contribution in [-0.4, -0.2) is 61.5 Å². The van der Waals surface area contributed by atoms with Gasteiger partial charge in [-0.2, -0.15) is 10.1 Å². The average molecular weight is 493 g/mol. The van der Waals surface area contributed by atoms with Crippen LogP contribution in [0.1, 0.15) is 45.2 Å². The molecule has 1 amide bonds. The number of hydrogen-bond acceptors (Lipinski definition) is 8. The summed E-state index contributed by atoms with van der Waals surface area (Å²) in [4.78, 5) is 34.1. The third-order valence-corrected chi connectivity index (χ3v) is 6.10. The van der Waals surface area contributed by atoms with E-state index in [1.165, 1.54) is 0 Å². The third-order valence-electron chi connectivity index (χ3n) is 6.10. The van der Waals surface area contributed by atoms with E-state index in [0.717, 1.165) is 5.69 Å². The van der Waals surface area contributed by atoms with E-state index < -0.39 is 5.60 Å². The van der Waals surface area contributed by atoms with Crippen LogP contribution in [0.3, 0.4) is 0 Å². The van der Waals surface area contributed by atoms with E-state index in [4.69, 9.17) is 14.0 Å². The molecule has 3 aromatic heterocycles. The maximum absolute atomic E-state index is 12.6. The van der Waals surface area contributed by atoms with E-state index in [1.54, 1.807) is 28.8 Å². The van der Waals surface area contributed by atoms with Gasteiger partial charge in [0, 0.05) is 25.1 Å². The van der Waals surface area contributed by atoms with E-state index in [2.05, 4.69) is 20.2 Å². The predicted molar refractivity (Wildman–Crippen MR) is 131 cm³/mol. The number of aromatic amines is 1. The van der Waals surface area contributed by atoms with Gasteiger partial charge in [-0.15, -0.1) is 0 Å². The van der Waals surface area contributed by atoms with Crippen LogP contribution in [0.15, 0.2) is 45.8 Å². The molecule has 0 unspecified atom stereocenters. The van der Waals surface area contributed by atoms with Gasteiger partial charge >= 0.3 is 6.09 Å². The Hall–Kier alpha value is -4.15. The number of benzene rings is 1. The standard InChI is InChI=1S/C25H28N6O5/c1-25(2,3)35-24(33)30-11-9-15(10-12-30)18-13-20(32)27-22-17(14-26-31(18)22)21-28-23(36-29-21)16-7-5-6-8-19(16)34-4/h5-8,13-15H,9-12H2,1-4H3,(H,27,32). The van der Waals surface area contributed by atoms with Gasteiger partial charge in [-0.25, -0.2) is 9.31 Å². The number of aromatic nitrogens is 5. The van der Waals surface area contributed by atoms with Crippen molar-refractivity contribution >= 4 is 11.7 Å². The molecule has 1 saturated heterocycles. The minimum Gasteiger partial charge on any atom is -0.496 e. The number of fused-ring (bicyclic) bond motifs is 1. The van der Waals surface area contributed by atoms with Gasteiger partial charge in [0.25, 0.3) is 11.4 Å². The lowest BCUT2D eigenvalue weighted by Gasteiger charge is -2.33. The van der Waals surface area contributed by atoms with E-state index in [1.807, 2.05) is 45.0 Å². The minimum atomic E-state index is -0.543. The highest BCUT2D eigenvalue weighted by Gasteiger charge is 2.29. The molecule has 11 heteroatoms. The quantitative estimate of drug-likeness (QED) is 0.455. The average Bonchev–Trinajstić information content (AvgIpc) is 3.50. The normalized spacial score (nSPS) is 14.8. The first-order valence-corrected chi connectivity index (χ1v) is 11.8. The zero-order valence-electron chi connectivity index (χ0n) is 20.6. The molecular weight excluding hydrogens is 464 g/mol. The highest BCUT2D eigenvalue weighted by Crippen LogP contribution is 2.32. The monoisotopic (exact) mass is 492 g/mol. The summed E-state index contributed by atoms with van der Waals surface area (Å²) in [5.41, 5.74) is 1.68. The van der Waals surface area contributed by atoms with Crippen LogP contribution in [0.4, 0.5) is 4.79 Å². The number of nitrogens with zero attached hydrogens (tertiary/aromatic N) is 5. The lowest BCUT2D eigenvalue weighted by molar-refractivity contribution is 0.0203.